The van der Waals surface area contributed by atoms with Crippen LogP contribution in [0.5, 0.6) is 0 Å². The van der Waals surface area contributed by atoms with Gasteiger partial charge in [-0.15, -0.1) is 21.5 Å². The van der Waals surface area contributed by atoms with Crippen molar-refractivity contribution in [2.45, 2.75) is 13.5 Å². The van der Waals surface area contributed by atoms with Gasteiger partial charge < -0.3 is 9.47 Å². The van der Waals surface area contributed by atoms with E-state index < -0.39 is 0 Å². The van der Waals surface area contributed by atoms with Crippen molar-refractivity contribution in [3.63, 3.8) is 0 Å². The van der Waals surface area contributed by atoms with Crippen molar-refractivity contribution in [1.82, 2.24) is 29.1 Å². The quantitative estimate of drug-likeness (QED) is 0.560. The fourth-order valence-electron chi connectivity index (χ4n) is 2.70. The number of aryl methyl sites for hydroxylation is 2. The average molecular weight is 341 g/mol. The third-order valence-electron chi connectivity index (χ3n) is 3.99. The van der Waals surface area contributed by atoms with Gasteiger partial charge in [-0.3, -0.25) is 9.20 Å². The summed E-state index contributed by atoms with van der Waals surface area (Å²) in [5, 5.41) is 11.3. The maximum Gasteiger partial charge on any atom is 0.295 e. The lowest BCUT2D eigenvalue weighted by Crippen LogP contribution is -2.22. The zero-order valence-electron chi connectivity index (χ0n) is 13.5. The van der Waals surface area contributed by atoms with Crippen LogP contribution in [0, 0.1) is 6.92 Å². The van der Waals surface area contributed by atoms with Crippen molar-refractivity contribution in [3.8, 4) is 0 Å². The Morgan fingerprint density at radius 3 is 2.92 bits per heavy atom. The molecule has 4 heterocycles. The van der Waals surface area contributed by atoms with E-state index in [1.54, 1.807) is 41.5 Å². The highest BCUT2D eigenvalue weighted by molar-refractivity contribution is 7.17. The highest BCUT2D eigenvalue weighted by atomic mass is 32.1. The third-order valence-corrected chi connectivity index (χ3v) is 5.00. The lowest BCUT2D eigenvalue weighted by molar-refractivity contribution is 0.796. The molecule has 0 spiro atoms. The number of aromatic nitrogens is 6. The topological polar surface area (TPSA) is 81.2 Å². The monoisotopic (exact) mass is 341 g/mol. The Labute approximate surface area is 141 Å². The number of nitrogens with zero attached hydrogens (tertiary/aromatic N) is 7. The van der Waals surface area contributed by atoms with E-state index in [1.165, 1.54) is 4.57 Å². The number of anilines is 1. The molecule has 0 saturated heterocycles. The van der Waals surface area contributed by atoms with E-state index in [0.29, 0.717) is 18.0 Å². The van der Waals surface area contributed by atoms with Crippen LogP contribution in [0.25, 0.3) is 15.9 Å². The van der Waals surface area contributed by atoms with E-state index in [2.05, 4.69) is 32.5 Å². The van der Waals surface area contributed by atoms with Gasteiger partial charge in [0.2, 0.25) is 5.65 Å². The summed E-state index contributed by atoms with van der Waals surface area (Å²) in [5.41, 5.74) is 1.30. The first-order chi connectivity index (χ1) is 11.6. The van der Waals surface area contributed by atoms with Gasteiger partial charge in [-0.05, 0) is 17.9 Å². The van der Waals surface area contributed by atoms with Crippen LogP contribution in [0.3, 0.4) is 0 Å². The van der Waals surface area contributed by atoms with Crippen LogP contribution in [0.4, 0.5) is 5.82 Å². The predicted molar refractivity (Wildman–Crippen MR) is 92.5 cm³/mol. The molecule has 0 bridgehead atoms. The smallest absolute Gasteiger partial charge is 0.295 e. The molecule has 122 valence electrons. The largest absolute Gasteiger partial charge is 0.351 e. The fraction of sp³-hybridized carbons (Fsp3) is 0.267. The fourth-order valence-corrected chi connectivity index (χ4v) is 3.59. The minimum atomic E-state index is -0.169. The van der Waals surface area contributed by atoms with Crippen molar-refractivity contribution in [2.24, 2.45) is 7.05 Å². The molecule has 0 atom stereocenters. The molecule has 4 aromatic heterocycles. The lowest BCUT2D eigenvalue weighted by atomic mass is 10.2. The minimum Gasteiger partial charge on any atom is -0.351 e. The molecule has 0 saturated carbocycles. The second kappa shape index (κ2) is 5.38. The second-order valence-corrected chi connectivity index (χ2v) is 6.53. The highest BCUT2D eigenvalue weighted by Gasteiger charge is 2.16. The molecule has 0 aliphatic carbocycles. The molecule has 0 radical (unpaired) electrons. The van der Waals surface area contributed by atoms with Crippen LogP contribution in [-0.4, -0.2) is 36.2 Å². The summed E-state index contributed by atoms with van der Waals surface area (Å²) < 4.78 is 3.21. The van der Waals surface area contributed by atoms with Gasteiger partial charge in [-0.2, -0.15) is 0 Å². The van der Waals surface area contributed by atoms with Crippen LogP contribution in [-0.2, 0) is 13.6 Å². The summed E-state index contributed by atoms with van der Waals surface area (Å²) in [6.45, 7) is 2.53. The molecule has 0 aliphatic rings. The van der Waals surface area contributed by atoms with Crippen molar-refractivity contribution < 1.29 is 0 Å². The summed E-state index contributed by atoms with van der Waals surface area (Å²) in [7, 11) is 3.64. The van der Waals surface area contributed by atoms with Crippen LogP contribution < -0.4 is 10.5 Å². The van der Waals surface area contributed by atoms with Gasteiger partial charge in [0.15, 0.2) is 5.82 Å². The van der Waals surface area contributed by atoms with Crippen LogP contribution >= 0.6 is 11.3 Å². The maximum absolute atomic E-state index is 12.1. The Hall–Kier alpha value is -2.81. The zero-order chi connectivity index (χ0) is 16.8. The average Bonchev–Trinajstić information content (AvgIpc) is 3.15. The molecule has 9 heteroatoms. The van der Waals surface area contributed by atoms with Crippen molar-refractivity contribution in [2.75, 3.05) is 11.9 Å². The van der Waals surface area contributed by atoms with E-state index in [0.717, 1.165) is 21.6 Å². The molecule has 0 fully saturated rings. The highest BCUT2D eigenvalue weighted by Crippen LogP contribution is 2.30. The number of fused-ring (bicyclic) bond motifs is 2. The van der Waals surface area contributed by atoms with E-state index in [1.807, 2.05) is 11.9 Å². The van der Waals surface area contributed by atoms with Crippen molar-refractivity contribution in [1.29, 1.82) is 0 Å². The molecular weight excluding hydrogens is 326 g/mol. The second-order valence-electron chi connectivity index (χ2n) is 5.68. The standard InChI is InChI=1S/C15H15N7OS/c1-9-7-24-14-11(9)12(16-8-17-14)21(3)6-10-18-19-13-15(23)20(2)4-5-22(10)13/h4-5,7-8H,6H2,1-3H3. The molecule has 0 aromatic carbocycles. The van der Waals surface area contributed by atoms with E-state index in [4.69, 9.17) is 0 Å². The third kappa shape index (κ3) is 2.16. The van der Waals surface area contributed by atoms with E-state index in [-0.39, 0.29) is 5.56 Å². The van der Waals surface area contributed by atoms with Crippen LogP contribution in [0.15, 0.2) is 28.9 Å². The predicted octanol–water partition coefficient (Wildman–Crippen LogP) is 1.38. The molecule has 0 amide bonds. The van der Waals surface area contributed by atoms with Crippen molar-refractivity contribution in [3.05, 3.63) is 45.8 Å². The Morgan fingerprint density at radius 2 is 2.08 bits per heavy atom. The first-order valence-electron chi connectivity index (χ1n) is 7.35. The van der Waals surface area contributed by atoms with Crippen molar-refractivity contribution >= 4 is 33.0 Å². The molecule has 0 N–H and O–H groups in total. The molecular formula is C15H15N7OS. The van der Waals surface area contributed by atoms with Crippen LogP contribution in [0.2, 0.25) is 0 Å². The molecule has 24 heavy (non-hydrogen) atoms. The van der Waals surface area contributed by atoms with Crippen LogP contribution in [0.1, 0.15) is 11.4 Å². The first kappa shape index (κ1) is 14.8. The number of rotatable bonds is 3. The molecule has 8 nitrogen and oxygen atoms in total. The summed E-state index contributed by atoms with van der Waals surface area (Å²) >= 11 is 1.60. The molecule has 0 unspecified atom stereocenters. The summed E-state index contributed by atoms with van der Waals surface area (Å²) in [6.07, 6.45) is 5.07. The Morgan fingerprint density at radius 1 is 1.25 bits per heavy atom. The van der Waals surface area contributed by atoms with Gasteiger partial charge >= 0.3 is 0 Å². The molecule has 4 aromatic rings. The van der Waals surface area contributed by atoms with Gasteiger partial charge in [0.1, 0.15) is 17.0 Å². The van der Waals surface area contributed by atoms with E-state index in [9.17, 15) is 4.79 Å². The summed E-state index contributed by atoms with van der Waals surface area (Å²) in [5.74, 6) is 1.53. The maximum atomic E-state index is 12.1. The number of thiophene rings is 1. The Balaban J connectivity index is 1.76. The Kier molecular flexibility index (Phi) is 3.31. The summed E-state index contributed by atoms with van der Waals surface area (Å²) in [4.78, 5) is 23.8. The lowest BCUT2D eigenvalue weighted by Gasteiger charge is -2.18. The van der Waals surface area contributed by atoms with E-state index >= 15 is 0 Å². The minimum absolute atomic E-state index is 0.169. The number of hydrogen-bond acceptors (Lipinski definition) is 7. The molecule has 4 rings (SSSR count). The number of hydrogen-bond donors (Lipinski definition) is 0. The Bertz CT molecular complexity index is 1110. The van der Waals surface area contributed by atoms with Gasteiger partial charge in [-0.25, -0.2) is 9.97 Å². The normalized spacial score (nSPS) is 11.5. The van der Waals surface area contributed by atoms with Gasteiger partial charge in [-0.1, -0.05) is 0 Å². The van der Waals surface area contributed by atoms with Gasteiger partial charge in [0.05, 0.1) is 11.9 Å². The zero-order valence-corrected chi connectivity index (χ0v) is 14.3. The van der Waals surface area contributed by atoms with Gasteiger partial charge in [0.25, 0.3) is 5.56 Å². The SMILES string of the molecule is Cc1csc2ncnc(N(C)Cc3nnc4c(=O)n(C)ccn34)c12. The molecule has 0 aliphatic heterocycles. The summed E-state index contributed by atoms with van der Waals surface area (Å²) in [6, 6.07) is 0. The first-order valence-corrected chi connectivity index (χ1v) is 8.23. The van der Waals surface area contributed by atoms with Gasteiger partial charge in [0, 0.05) is 26.5 Å².